The molecule has 0 spiro atoms. The van der Waals surface area contributed by atoms with E-state index in [0.29, 0.717) is 30.0 Å². The molecule has 0 aliphatic heterocycles. The summed E-state index contributed by atoms with van der Waals surface area (Å²) in [7, 11) is 1.89. The summed E-state index contributed by atoms with van der Waals surface area (Å²) in [6.07, 6.45) is 7.32. The summed E-state index contributed by atoms with van der Waals surface area (Å²) in [5.41, 5.74) is 11.6. The van der Waals surface area contributed by atoms with Gasteiger partial charge in [0, 0.05) is 29.7 Å². The maximum atomic E-state index is 12.7. The van der Waals surface area contributed by atoms with Crippen molar-refractivity contribution in [3.63, 3.8) is 0 Å². The van der Waals surface area contributed by atoms with Crippen molar-refractivity contribution >= 4 is 34.7 Å². The number of aryl methyl sites for hydroxylation is 1. The summed E-state index contributed by atoms with van der Waals surface area (Å²) in [6.45, 7) is 10.2. The summed E-state index contributed by atoms with van der Waals surface area (Å²) in [4.78, 5) is 29.4. The lowest BCUT2D eigenvalue weighted by Gasteiger charge is -2.11. The van der Waals surface area contributed by atoms with Crippen molar-refractivity contribution in [3.8, 4) is 0 Å². The first-order valence-electron chi connectivity index (χ1n) is 12.1. The minimum absolute atomic E-state index is 0.0252. The second kappa shape index (κ2) is 14.3. The molecule has 4 N–H and O–H groups in total. The van der Waals surface area contributed by atoms with Gasteiger partial charge in [-0.05, 0) is 67.3 Å². The smallest absolute Gasteiger partial charge is 0.338 e. The molecule has 7 nitrogen and oxygen atoms in total. The molecule has 0 radical (unpaired) electrons. The lowest BCUT2D eigenvalue weighted by molar-refractivity contribution is -0.112. The Morgan fingerprint density at radius 3 is 2.36 bits per heavy atom. The van der Waals surface area contributed by atoms with E-state index in [1.165, 1.54) is 5.56 Å². The Kier molecular flexibility index (Phi) is 11.2. The molecule has 1 amide bonds. The fraction of sp³-hybridized carbons (Fsp3) is 0.276. The first-order valence-corrected chi connectivity index (χ1v) is 12.1. The van der Waals surface area contributed by atoms with Crippen molar-refractivity contribution < 1.29 is 14.3 Å². The second-order valence-electron chi connectivity index (χ2n) is 7.99. The van der Waals surface area contributed by atoms with Crippen LogP contribution in [0.15, 0.2) is 78.0 Å². The standard InChI is InChI=1S/C29H36N4O3/c1-6-10-26(22-12-11-20(8-3)27(18-22)31-5)32-23(9-4)19-25(30)28(34)33-24-15-13-21(14-16-24)29(35)36-17-7-2/h6,10-16,18-19,31H,1,7-9,17,30H2,2-5H3,(H,33,34)/b25-19-,26-10-,32-23+. The average Bonchev–Trinajstić information content (AvgIpc) is 2.90. The first-order chi connectivity index (χ1) is 17.4. The van der Waals surface area contributed by atoms with Crippen LogP contribution in [0.2, 0.25) is 0 Å². The average molecular weight is 489 g/mol. The number of carbonyl (C=O) groups excluding carboxylic acids is 2. The minimum Gasteiger partial charge on any atom is -0.462 e. The van der Waals surface area contributed by atoms with E-state index < -0.39 is 11.9 Å². The van der Waals surface area contributed by atoms with Gasteiger partial charge >= 0.3 is 5.97 Å². The molecule has 0 atom stereocenters. The number of hydrogen-bond donors (Lipinski definition) is 3. The van der Waals surface area contributed by atoms with Gasteiger partial charge in [0.15, 0.2) is 0 Å². The molecule has 2 aromatic carbocycles. The Hall–Kier alpha value is -4.13. The molecule has 0 unspecified atom stereocenters. The van der Waals surface area contributed by atoms with Gasteiger partial charge in [0.1, 0.15) is 0 Å². The number of esters is 1. The highest BCUT2D eigenvalue weighted by Crippen LogP contribution is 2.24. The molecule has 0 heterocycles. The van der Waals surface area contributed by atoms with Crippen LogP contribution in [0.5, 0.6) is 0 Å². The van der Waals surface area contributed by atoms with E-state index in [1.54, 1.807) is 36.4 Å². The number of nitrogens with one attached hydrogen (secondary N) is 2. The summed E-state index contributed by atoms with van der Waals surface area (Å²) < 4.78 is 5.12. The molecule has 0 aliphatic rings. The number of hydrogen-bond acceptors (Lipinski definition) is 6. The largest absolute Gasteiger partial charge is 0.462 e. The molecule has 2 aromatic rings. The summed E-state index contributed by atoms with van der Waals surface area (Å²) >= 11 is 0. The van der Waals surface area contributed by atoms with Gasteiger partial charge in [-0.1, -0.05) is 45.6 Å². The Morgan fingerprint density at radius 2 is 1.78 bits per heavy atom. The molecule has 190 valence electrons. The fourth-order valence-electron chi connectivity index (χ4n) is 3.37. The molecule has 36 heavy (non-hydrogen) atoms. The number of aliphatic imine (C=N–C) groups is 1. The van der Waals surface area contributed by atoms with Crippen molar-refractivity contribution in [2.45, 2.75) is 40.0 Å². The van der Waals surface area contributed by atoms with Gasteiger partial charge in [0.2, 0.25) is 0 Å². The van der Waals surface area contributed by atoms with Crippen LogP contribution in [0.4, 0.5) is 11.4 Å². The molecule has 0 fully saturated rings. The van der Waals surface area contributed by atoms with Crippen molar-refractivity contribution in [1.29, 1.82) is 0 Å². The second-order valence-corrected chi connectivity index (χ2v) is 7.99. The van der Waals surface area contributed by atoms with E-state index in [4.69, 9.17) is 15.5 Å². The van der Waals surface area contributed by atoms with Gasteiger partial charge in [-0.15, -0.1) is 0 Å². The van der Waals surface area contributed by atoms with Crippen LogP contribution < -0.4 is 16.4 Å². The number of rotatable bonds is 12. The zero-order chi connectivity index (χ0) is 26.5. The van der Waals surface area contributed by atoms with E-state index in [0.717, 1.165) is 29.8 Å². The Labute approximate surface area is 213 Å². The molecule has 0 aromatic heterocycles. The van der Waals surface area contributed by atoms with Gasteiger partial charge in [0.25, 0.3) is 5.91 Å². The summed E-state index contributed by atoms with van der Waals surface area (Å²) in [5, 5.41) is 5.97. The molecule has 0 bridgehead atoms. The maximum absolute atomic E-state index is 12.7. The van der Waals surface area contributed by atoms with Crippen LogP contribution in [0.25, 0.3) is 5.70 Å². The van der Waals surface area contributed by atoms with Gasteiger partial charge in [-0.2, -0.15) is 0 Å². The molecule has 0 saturated carbocycles. The number of benzene rings is 2. The van der Waals surface area contributed by atoms with Crippen LogP contribution >= 0.6 is 0 Å². The molecule has 2 rings (SSSR count). The molecule has 0 aliphatic carbocycles. The Balaban J connectivity index is 2.21. The number of anilines is 2. The topological polar surface area (TPSA) is 106 Å². The predicted octanol–water partition coefficient (Wildman–Crippen LogP) is 5.72. The minimum atomic E-state index is -0.462. The van der Waals surface area contributed by atoms with Gasteiger partial charge in [-0.3, -0.25) is 9.79 Å². The molecular formula is C29H36N4O3. The number of allylic oxidation sites excluding steroid dienone is 3. The number of amides is 1. The van der Waals surface area contributed by atoms with E-state index in [2.05, 4.69) is 30.2 Å². The number of carbonyl (C=O) groups is 2. The lowest BCUT2D eigenvalue weighted by atomic mass is 10.0. The zero-order valence-electron chi connectivity index (χ0n) is 21.6. The van der Waals surface area contributed by atoms with Crippen LogP contribution in [0.1, 0.15) is 55.1 Å². The third-order valence-electron chi connectivity index (χ3n) is 5.36. The normalized spacial score (nSPS) is 12.2. The Morgan fingerprint density at radius 1 is 1.08 bits per heavy atom. The van der Waals surface area contributed by atoms with Crippen molar-refractivity contribution in [2.24, 2.45) is 10.7 Å². The molecular weight excluding hydrogens is 452 g/mol. The lowest BCUT2D eigenvalue weighted by Crippen LogP contribution is -2.21. The third-order valence-corrected chi connectivity index (χ3v) is 5.36. The quantitative estimate of drug-likeness (QED) is 0.153. The molecule has 7 heteroatoms. The molecule has 0 saturated heterocycles. The monoisotopic (exact) mass is 488 g/mol. The first kappa shape index (κ1) is 28.1. The van der Waals surface area contributed by atoms with Crippen molar-refractivity contribution in [3.05, 3.63) is 89.7 Å². The zero-order valence-corrected chi connectivity index (χ0v) is 21.6. The van der Waals surface area contributed by atoms with Gasteiger partial charge in [-0.25, -0.2) is 4.79 Å². The third kappa shape index (κ3) is 7.98. The van der Waals surface area contributed by atoms with Gasteiger partial charge in [0.05, 0.1) is 23.6 Å². The SMILES string of the molecule is C=C\C=C(/N=C(/C=C(\N)C(=O)Nc1ccc(C(=O)OCCC)cc1)CC)c1ccc(CC)c(NC)c1. The van der Waals surface area contributed by atoms with Crippen LogP contribution in [-0.2, 0) is 16.0 Å². The van der Waals surface area contributed by atoms with Crippen LogP contribution in [-0.4, -0.2) is 31.2 Å². The predicted molar refractivity (Wildman–Crippen MR) is 149 cm³/mol. The Bertz CT molecular complexity index is 1160. The summed E-state index contributed by atoms with van der Waals surface area (Å²) in [6, 6.07) is 12.6. The maximum Gasteiger partial charge on any atom is 0.338 e. The number of nitrogens with zero attached hydrogens (tertiary/aromatic N) is 1. The van der Waals surface area contributed by atoms with Crippen LogP contribution in [0, 0.1) is 0 Å². The highest BCUT2D eigenvalue weighted by Gasteiger charge is 2.11. The van der Waals surface area contributed by atoms with E-state index >= 15 is 0 Å². The highest BCUT2D eigenvalue weighted by atomic mass is 16.5. The number of ether oxygens (including phenoxy) is 1. The van der Waals surface area contributed by atoms with E-state index in [-0.39, 0.29) is 5.70 Å². The van der Waals surface area contributed by atoms with Gasteiger partial charge < -0.3 is 21.1 Å². The van der Waals surface area contributed by atoms with E-state index in [1.807, 2.05) is 39.1 Å². The summed E-state index contributed by atoms with van der Waals surface area (Å²) in [5.74, 6) is -0.857. The van der Waals surface area contributed by atoms with E-state index in [9.17, 15) is 9.59 Å². The van der Waals surface area contributed by atoms with Crippen molar-refractivity contribution in [1.82, 2.24) is 0 Å². The fourth-order valence-corrected chi connectivity index (χ4v) is 3.37. The number of nitrogens with two attached hydrogens (primary N) is 1. The van der Waals surface area contributed by atoms with Crippen molar-refractivity contribution in [2.75, 3.05) is 24.3 Å². The van der Waals surface area contributed by atoms with Crippen LogP contribution in [0.3, 0.4) is 0 Å². The highest BCUT2D eigenvalue weighted by molar-refractivity contribution is 6.09.